The summed E-state index contributed by atoms with van der Waals surface area (Å²) >= 11 is 0. The van der Waals surface area contributed by atoms with Gasteiger partial charge in [0.2, 0.25) is 0 Å². The van der Waals surface area contributed by atoms with Crippen molar-refractivity contribution in [3.05, 3.63) is 53.6 Å². The zero-order valence-electron chi connectivity index (χ0n) is 10.4. The van der Waals surface area contributed by atoms with Crippen molar-refractivity contribution in [1.29, 1.82) is 0 Å². The molecule has 0 saturated heterocycles. The molecular weight excluding hydrogens is 210 g/mol. The van der Waals surface area contributed by atoms with Crippen LogP contribution < -0.4 is 5.73 Å². The summed E-state index contributed by atoms with van der Waals surface area (Å²) < 4.78 is 2.16. The smallest absolute Gasteiger partial charge is 0.110 e. The second kappa shape index (κ2) is 5.15. The maximum Gasteiger partial charge on any atom is 0.110 e. The van der Waals surface area contributed by atoms with Gasteiger partial charge in [-0.3, -0.25) is 0 Å². The molecule has 1 aromatic carbocycles. The van der Waals surface area contributed by atoms with Crippen LogP contribution in [0.1, 0.15) is 23.9 Å². The van der Waals surface area contributed by atoms with Gasteiger partial charge in [0.1, 0.15) is 5.82 Å². The van der Waals surface area contributed by atoms with Crippen molar-refractivity contribution in [3.8, 4) is 0 Å². The molecule has 0 radical (unpaired) electrons. The van der Waals surface area contributed by atoms with Crippen LogP contribution in [0.2, 0.25) is 0 Å². The Balaban J connectivity index is 2.16. The maximum absolute atomic E-state index is 5.82. The van der Waals surface area contributed by atoms with Crippen molar-refractivity contribution in [2.24, 2.45) is 5.73 Å². The second-order valence-corrected chi connectivity index (χ2v) is 4.64. The molecule has 0 aliphatic carbocycles. The predicted molar refractivity (Wildman–Crippen MR) is 69.9 cm³/mol. The van der Waals surface area contributed by atoms with E-state index in [1.165, 1.54) is 11.1 Å². The van der Waals surface area contributed by atoms with E-state index in [9.17, 15) is 0 Å². The first-order valence-electron chi connectivity index (χ1n) is 5.96. The highest BCUT2D eigenvalue weighted by Gasteiger charge is 2.05. The van der Waals surface area contributed by atoms with Gasteiger partial charge in [0.25, 0.3) is 0 Å². The molecule has 2 N–H and O–H groups in total. The fourth-order valence-corrected chi connectivity index (χ4v) is 1.97. The van der Waals surface area contributed by atoms with Gasteiger partial charge in [-0.15, -0.1) is 0 Å². The first-order valence-corrected chi connectivity index (χ1v) is 5.96. The van der Waals surface area contributed by atoms with Crippen molar-refractivity contribution in [2.75, 3.05) is 0 Å². The minimum absolute atomic E-state index is 0.147. The summed E-state index contributed by atoms with van der Waals surface area (Å²) in [5, 5.41) is 0. The van der Waals surface area contributed by atoms with E-state index in [0.29, 0.717) is 0 Å². The number of nitrogens with two attached hydrogens (primary N) is 1. The molecule has 0 amide bonds. The molecule has 0 fully saturated rings. The van der Waals surface area contributed by atoms with Gasteiger partial charge in [-0.1, -0.05) is 29.8 Å². The van der Waals surface area contributed by atoms with Crippen LogP contribution >= 0.6 is 0 Å². The van der Waals surface area contributed by atoms with E-state index in [0.717, 1.165) is 18.8 Å². The van der Waals surface area contributed by atoms with E-state index >= 15 is 0 Å². The number of rotatable bonds is 4. The van der Waals surface area contributed by atoms with E-state index in [4.69, 9.17) is 5.73 Å². The Morgan fingerprint density at radius 1 is 1.41 bits per heavy atom. The minimum Gasteiger partial charge on any atom is -0.330 e. The molecule has 2 aromatic rings. The van der Waals surface area contributed by atoms with Crippen molar-refractivity contribution >= 4 is 0 Å². The lowest BCUT2D eigenvalue weighted by atomic mass is 10.1. The molecule has 1 unspecified atom stereocenters. The van der Waals surface area contributed by atoms with Crippen LogP contribution in [-0.2, 0) is 13.0 Å². The molecule has 0 aliphatic heterocycles. The fourth-order valence-electron chi connectivity index (χ4n) is 1.97. The van der Waals surface area contributed by atoms with Crippen LogP contribution in [-0.4, -0.2) is 15.6 Å². The lowest BCUT2D eigenvalue weighted by Crippen LogP contribution is -2.20. The Labute approximate surface area is 102 Å². The average molecular weight is 229 g/mol. The molecule has 1 atom stereocenters. The number of benzene rings is 1. The quantitative estimate of drug-likeness (QED) is 0.872. The molecule has 90 valence electrons. The molecule has 17 heavy (non-hydrogen) atoms. The Bertz CT molecular complexity index is 486. The highest BCUT2D eigenvalue weighted by atomic mass is 15.1. The lowest BCUT2D eigenvalue weighted by Gasteiger charge is -2.10. The molecule has 1 aromatic heterocycles. The van der Waals surface area contributed by atoms with Gasteiger partial charge >= 0.3 is 0 Å². The third-order valence-corrected chi connectivity index (χ3v) is 2.74. The molecule has 1 heterocycles. The van der Waals surface area contributed by atoms with E-state index < -0.39 is 0 Å². The van der Waals surface area contributed by atoms with Crippen LogP contribution in [0, 0.1) is 6.92 Å². The fraction of sp³-hybridized carbons (Fsp3) is 0.357. The van der Waals surface area contributed by atoms with Crippen LogP contribution in [0.4, 0.5) is 0 Å². The predicted octanol–water partition coefficient (Wildman–Crippen LogP) is 2.13. The van der Waals surface area contributed by atoms with Crippen molar-refractivity contribution in [3.63, 3.8) is 0 Å². The number of aromatic nitrogens is 2. The van der Waals surface area contributed by atoms with Gasteiger partial charge in [0.05, 0.1) is 0 Å². The SMILES string of the molecule is Cc1cccc(Cn2ccnc2CC(C)N)c1. The molecule has 0 bridgehead atoms. The number of hydrogen-bond donors (Lipinski definition) is 1. The Morgan fingerprint density at radius 3 is 2.94 bits per heavy atom. The molecular formula is C14H19N3. The first kappa shape index (κ1) is 11.9. The lowest BCUT2D eigenvalue weighted by molar-refractivity contribution is 0.648. The summed E-state index contributed by atoms with van der Waals surface area (Å²) in [6, 6.07) is 8.69. The summed E-state index contributed by atoms with van der Waals surface area (Å²) in [4.78, 5) is 4.36. The number of imidazole rings is 1. The molecule has 0 aliphatic rings. The van der Waals surface area contributed by atoms with Gasteiger partial charge in [-0.25, -0.2) is 4.98 Å². The minimum atomic E-state index is 0.147. The number of aryl methyl sites for hydroxylation is 1. The van der Waals surface area contributed by atoms with E-state index in [1.807, 2.05) is 19.3 Å². The summed E-state index contributed by atoms with van der Waals surface area (Å²) in [5.74, 6) is 1.06. The van der Waals surface area contributed by atoms with E-state index in [-0.39, 0.29) is 6.04 Å². The normalized spacial score (nSPS) is 12.6. The first-order chi connectivity index (χ1) is 8.15. The highest BCUT2D eigenvalue weighted by molar-refractivity contribution is 5.22. The van der Waals surface area contributed by atoms with Gasteiger partial charge in [-0.05, 0) is 19.4 Å². The zero-order chi connectivity index (χ0) is 12.3. The van der Waals surface area contributed by atoms with Crippen LogP contribution in [0.25, 0.3) is 0 Å². The van der Waals surface area contributed by atoms with Crippen LogP contribution in [0.15, 0.2) is 36.7 Å². The Kier molecular flexibility index (Phi) is 3.59. The topological polar surface area (TPSA) is 43.8 Å². The second-order valence-electron chi connectivity index (χ2n) is 4.64. The molecule has 0 saturated carbocycles. The zero-order valence-corrected chi connectivity index (χ0v) is 10.4. The van der Waals surface area contributed by atoms with E-state index in [2.05, 4.69) is 40.7 Å². The van der Waals surface area contributed by atoms with Gasteiger partial charge in [-0.2, -0.15) is 0 Å². The van der Waals surface area contributed by atoms with Crippen LogP contribution in [0.5, 0.6) is 0 Å². The Morgan fingerprint density at radius 2 is 2.24 bits per heavy atom. The van der Waals surface area contributed by atoms with E-state index in [1.54, 1.807) is 0 Å². The van der Waals surface area contributed by atoms with Gasteiger partial charge < -0.3 is 10.3 Å². The summed E-state index contributed by atoms with van der Waals surface area (Å²) in [6.45, 7) is 4.98. The molecule has 3 nitrogen and oxygen atoms in total. The monoisotopic (exact) mass is 229 g/mol. The maximum atomic E-state index is 5.82. The van der Waals surface area contributed by atoms with Gasteiger partial charge in [0.15, 0.2) is 0 Å². The standard InChI is InChI=1S/C14H19N3/c1-11-4-3-5-13(8-11)10-17-7-6-16-14(17)9-12(2)15/h3-8,12H,9-10,15H2,1-2H3. The Hall–Kier alpha value is -1.61. The number of nitrogens with zero attached hydrogens (tertiary/aromatic N) is 2. The molecule has 3 heteroatoms. The average Bonchev–Trinajstić information content (AvgIpc) is 2.65. The third-order valence-electron chi connectivity index (χ3n) is 2.74. The summed E-state index contributed by atoms with van der Waals surface area (Å²) in [6.07, 6.45) is 4.67. The highest BCUT2D eigenvalue weighted by Crippen LogP contribution is 2.09. The third kappa shape index (κ3) is 3.17. The van der Waals surface area contributed by atoms with Gasteiger partial charge in [0, 0.05) is 31.4 Å². The van der Waals surface area contributed by atoms with Crippen molar-refractivity contribution in [1.82, 2.24) is 9.55 Å². The van der Waals surface area contributed by atoms with Crippen molar-refractivity contribution < 1.29 is 0 Å². The summed E-state index contributed by atoms with van der Waals surface area (Å²) in [7, 11) is 0. The number of hydrogen-bond acceptors (Lipinski definition) is 2. The van der Waals surface area contributed by atoms with Crippen molar-refractivity contribution in [2.45, 2.75) is 32.9 Å². The largest absolute Gasteiger partial charge is 0.330 e. The molecule has 0 spiro atoms. The van der Waals surface area contributed by atoms with Crippen LogP contribution in [0.3, 0.4) is 0 Å². The summed E-state index contributed by atoms with van der Waals surface area (Å²) in [5.41, 5.74) is 8.40. The molecule has 2 rings (SSSR count).